The molecule has 3 heterocycles. The van der Waals surface area contributed by atoms with Crippen LogP contribution in [-0.4, -0.2) is 40.0 Å². The lowest BCUT2D eigenvalue weighted by atomic mass is 10.1. The van der Waals surface area contributed by atoms with Crippen LogP contribution in [0.15, 0.2) is 24.0 Å². The van der Waals surface area contributed by atoms with E-state index in [2.05, 4.69) is 25.6 Å². The van der Waals surface area contributed by atoms with E-state index >= 15 is 0 Å². The molecule has 3 rings (SSSR count). The Balaban J connectivity index is 0.00000132. The highest BCUT2D eigenvalue weighted by Gasteiger charge is 2.16. The van der Waals surface area contributed by atoms with E-state index in [0.29, 0.717) is 6.42 Å². The number of amides is 1. The van der Waals surface area contributed by atoms with Gasteiger partial charge in [0.2, 0.25) is 5.91 Å². The van der Waals surface area contributed by atoms with Gasteiger partial charge in [0.25, 0.3) is 0 Å². The minimum atomic E-state index is 0. The van der Waals surface area contributed by atoms with Gasteiger partial charge >= 0.3 is 0 Å². The van der Waals surface area contributed by atoms with Crippen molar-refractivity contribution in [2.45, 2.75) is 25.3 Å². The molecule has 0 aliphatic carbocycles. The van der Waals surface area contributed by atoms with Crippen molar-refractivity contribution in [3.63, 3.8) is 0 Å². The van der Waals surface area contributed by atoms with Crippen molar-refractivity contribution in [2.24, 2.45) is 0 Å². The Hall–Kier alpha value is -1.28. The van der Waals surface area contributed by atoms with Crippen molar-refractivity contribution in [1.29, 1.82) is 0 Å². The van der Waals surface area contributed by atoms with Crippen molar-refractivity contribution < 1.29 is 4.79 Å². The molecule has 9 heteroatoms. The fraction of sp³-hybridized carbons (Fsp3) is 0.429. The summed E-state index contributed by atoms with van der Waals surface area (Å²) in [6, 6.07) is 0.240. The third kappa shape index (κ3) is 5.69. The van der Waals surface area contributed by atoms with Gasteiger partial charge in [-0.1, -0.05) is 0 Å². The van der Waals surface area contributed by atoms with Crippen molar-refractivity contribution in [3.8, 4) is 10.7 Å². The van der Waals surface area contributed by atoms with Crippen LogP contribution in [0.2, 0.25) is 0 Å². The molecule has 1 aliphatic rings. The Bertz CT molecular complexity index is 604. The molecule has 126 valence electrons. The summed E-state index contributed by atoms with van der Waals surface area (Å²) in [7, 11) is 0. The zero-order valence-electron chi connectivity index (χ0n) is 12.4. The average molecular weight is 376 g/mol. The first-order chi connectivity index (χ1) is 10.3. The van der Waals surface area contributed by atoms with Crippen LogP contribution in [0.4, 0.5) is 0 Å². The minimum absolute atomic E-state index is 0. The zero-order chi connectivity index (χ0) is 14.5. The summed E-state index contributed by atoms with van der Waals surface area (Å²) in [6.07, 6.45) is 7.41. The van der Waals surface area contributed by atoms with Gasteiger partial charge in [0.15, 0.2) is 0 Å². The van der Waals surface area contributed by atoms with E-state index in [1.807, 2.05) is 5.38 Å². The number of hydrogen-bond acceptors (Lipinski definition) is 6. The number of rotatable bonds is 4. The van der Waals surface area contributed by atoms with Gasteiger partial charge in [-0.25, -0.2) is 4.98 Å². The van der Waals surface area contributed by atoms with Gasteiger partial charge in [0.1, 0.15) is 10.7 Å². The van der Waals surface area contributed by atoms with Crippen LogP contribution < -0.4 is 10.6 Å². The van der Waals surface area contributed by atoms with Crippen LogP contribution in [0.3, 0.4) is 0 Å². The van der Waals surface area contributed by atoms with E-state index in [1.165, 1.54) is 11.3 Å². The van der Waals surface area contributed by atoms with E-state index in [4.69, 9.17) is 0 Å². The lowest BCUT2D eigenvalue weighted by molar-refractivity contribution is -0.121. The average Bonchev–Trinajstić information content (AvgIpc) is 2.97. The summed E-state index contributed by atoms with van der Waals surface area (Å²) in [5, 5.41) is 9.04. The molecule has 23 heavy (non-hydrogen) atoms. The smallest absolute Gasteiger partial charge is 0.226 e. The monoisotopic (exact) mass is 375 g/mol. The second kappa shape index (κ2) is 9.77. The Morgan fingerprint density at radius 3 is 2.96 bits per heavy atom. The zero-order valence-corrected chi connectivity index (χ0v) is 14.8. The van der Waals surface area contributed by atoms with Crippen LogP contribution >= 0.6 is 36.2 Å². The summed E-state index contributed by atoms with van der Waals surface area (Å²) in [6.45, 7) is 1.90. The largest absolute Gasteiger partial charge is 0.352 e. The van der Waals surface area contributed by atoms with E-state index in [9.17, 15) is 4.79 Å². The van der Waals surface area contributed by atoms with Gasteiger partial charge in [-0.05, 0) is 19.4 Å². The molecule has 1 aliphatic heterocycles. The standard InChI is InChI=1S/C14H17N5OS.2ClH/c20-13(18-10-2-1-3-15-7-10)6-11-9-21-14(19-11)12-8-16-4-5-17-12;;/h4-5,8-10,15H,1-3,6-7H2,(H,18,20);2*1H/t10-;;/m0../s1. The number of carbonyl (C=O) groups excluding carboxylic acids is 1. The number of aromatic nitrogens is 3. The Kier molecular flexibility index (Phi) is 8.40. The molecule has 1 saturated heterocycles. The molecule has 1 amide bonds. The molecule has 0 unspecified atom stereocenters. The predicted octanol–water partition coefficient (Wildman–Crippen LogP) is 1.85. The molecular weight excluding hydrogens is 357 g/mol. The number of hydrogen-bond donors (Lipinski definition) is 2. The molecule has 6 nitrogen and oxygen atoms in total. The predicted molar refractivity (Wildman–Crippen MR) is 95.4 cm³/mol. The van der Waals surface area contributed by atoms with Gasteiger partial charge in [-0.15, -0.1) is 36.2 Å². The van der Waals surface area contributed by atoms with Crippen LogP contribution in [0.25, 0.3) is 10.7 Å². The lowest BCUT2D eigenvalue weighted by Crippen LogP contribution is -2.46. The molecule has 0 bridgehead atoms. The fourth-order valence-corrected chi connectivity index (χ4v) is 3.11. The van der Waals surface area contributed by atoms with Crippen molar-refractivity contribution in [1.82, 2.24) is 25.6 Å². The van der Waals surface area contributed by atoms with Crippen molar-refractivity contribution >= 4 is 42.1 Å². The maximum atomic E-state index is 12.0. The highest BCUT2D eigenvalue weighted by Crippen LogP contribution is 2.20. The SMILES string of the molecule is Cl.Cl.O=C(Cc1csc(-c2cnccn2)n1)N[C@H]1CCCNC1. The third-order valence-electron chi connectivity index (χ3n) is 3.34. The van der Waals surface area contributed by atoms with E-state index in [1.54, 1.807) is 18.6 Å². The van der Waals surface area contributed by atoms with Crippen molar-refractivity contribution in [3.05, 3.63) is 29.7 Å². The normalized spacial score (nSPS) is 16.8. The number of nitrogens with zero attached hydrogens (tertiary/aromatic N) is 3. The number of nitrogens with one attached hydrogen (secondary N) is 2. The second-order valence-corrected chi connectivity index (χ2v) is 5.88. The molecule has 2 aromatic rings. The van der Waals surface area contributed by atoms with Gasteiger partial charge < -0.3 is 10.6 Å². The first-order valence-electron chi connectivity index (χ1n) is 7.02. The molecule has 0 aromatic carbocycles. The van der Waals surface area contributed by atoms with Gasteiger partial charge in [-0.2, -0.15) is 0 Å². The maximum absolute atomic E-state index is 12.0. The van der Waals surface area contributed by atoms with E-state index < -0.39 is 0 Å². The van der Waals surface area contributed by atoms with Crippen molar-refractivity contribution in [2.75, 3.05) is 13.1 Å². The van der Waals surface area contributed by atoms with E-state index in [-0.39, 0.29) is 36.8 Å². The fourth-order valence-electron chi connectivity index (χ4n) is 2.33. The Morgan fingerprint density at radius 1 is 1.39 bits per heavy atom. The maximum Gasteiger partial charge on any atom is 0.226 e. The van der Waals surface area contributed by atoms with E-state index in [0.717, 1.165) is 42.3 Å². The van der Waals surface area contributed by atoms with Crippen LogP contribution in [-0.2, 0) is 11.2 Å². The number of thiazole rings is 1. The first kappa shape index (κ1) is 19.8. The summed E-state index contributed by atoms with van der Waals surface area (Å²) in [4.78, 5) is 24.7. The summed E-state index contributed by atoms with van der Waals surface area (Å²) in [5.41, 5.74) is 1.52. The highest BCUT2D eigenvalue weighted by atomic mass is 35.5. The molecule has 0 radical (unpaired) electrons. The second-order valence-electron chi connectivity index (χ2n) is 5.02. The first-order valence-corrected chi connectivity index (χ1v) is 7.90. The van der Waals surface area contributed by atoms with Gasteiger partial charge in [-0.3, -0.25) is 14.8 Å². The number of piperidine rings is 1. The summed E-state index contributed by atoms with van der Waals surface area (Å²) >= 11 is 1.48. The lowest BCUT2D eigenvalue weighted by Gasteiger charge is -2.23. The molecular formula is C14H19Cl2N5OS. The third-order valence-corrected chi connectivity index (χ3v) is 4.25. The Labute approximate surface area is 151 Å². The molecule has 0 spiro atoms. The van der Waals surface area contributed by atoms with Gasteiger partial charge in [0.05, 0.1) is 18.3 Å². The molecule has 1 atom stereocenters. The molecule has 2 N–H and O–H groups in total. The molecule has 0 saturated carbocycles. The topological polar surface area (TPSA) is 79.8 Å². The number of halogens is 2. The van der Waals surface area contributed by atoms with Crippen LogP contribution in [0.5, 0.6) is 0 Å². The summed E-state index contributed by atoms with van der Waals surface area (Å²) < 4.78 is 0. The molecule has 2 aromatic heterocycles. The van der Waals surface area contributed by atoms with Gasteiger partial charge in [0, 0.05) is 30.4 Å². The van der Waals surface area contributed by atoms with Crippen LogP contribution in [0.1, 0.15) is 18.5 Å². The number of carbonyl (C=O) groups is 1. The Morgan fingerprint density at radius 2 is 2.26 bits per heavy atom. The molecule has 1 fully saturated rings. The quantitative estimate of drug-likeness (QED) is 0.852. The summed E-state index contributed by atoms with van der Waals surface area (Å²) in [5.74, 6) is 0.0275. The van der Waals surface area contributed by atoms with Crippen LogP contribution in [0, 0.1) is 0 Å². The minimum Gasteiger partial charge on any atom is -0.352 e. The highest BCUT2D eigenvalue weighted by molar-refractivity contribution is 7.13.